The van der Waals surface area contributed by atoms with Crippen molar-refractivity contribution in [2.45, 2.75) is 32.9 Å². The highest BCUT2D eigenvalue weighted by atomic mass is 35.5. The molecule has 2 aromatic rings. The van der Waals surface area contributed by atoms with Gasteiger partial charge in [-0.15, -0.1) is 11.3 Å². The molecule has 0 saturated carbocycles. The van der Waals surface area contributed by atoms with Crippen molar-refractivity contribution in [3.8, 4) is 0 Å². The van der Waals surface area contributed by atoms with Crippen molar-refractivity contribution in [1.29, 1.82) is 0 Å². The highest BCUT2D eigenvalue weighted by molar-refractivity contribution is 7.09. The number of hydrogen-bond donors (Lipinski definition) is 1. The molecule has 0 aliphatic heterocycles. The molecule has 0 bridgehead atoms. The van der Waals surface area contributed by atoms with Crippen molar-refractivity contribution in [1.82, 2.24) is 10.3 Å². The molecule has 2 rings (SSSR count). The van der Waals surface area contributed by atoms with Crippen molar-refractivity contribution < 1.29 is 0 Å². The Labute approximate surface area is 117 Å². The van der Waals surface area contributed by atoms with E-state index in [1.165, 1.54) is 11.1 Å². The molecule has 1 aromatic heterocycles. The number of aromatic nitrogens is 1. The van der Waals surface area contributed by atoms with Crippen LogP contribution in [0.5, 0.6) is 0 Å². The van der Waals surface area contributed by atoms with E-state index in [0.29, 0.717) is 6.04 Å². The Balaban J connectivity index is 2.17. The van der Waals surface area contributed by atoms with Gasteiger partial charge >= 0.3 is 0 Å². The summed E-state index contributed by atoms with van der Waals surface area (Å²) >= 11 is 7.76. The van der Waals surface area contributed by atoms with Gasteiger partial charge in [0.05, 0.1) is 5.01 Å². The maximum atomic E-state index is 6.07. The van der Waals surface area contributed by atoms with Crippen molar-refractivity contribution in [3.63, 3.8) is 0 Å². The first-order chi connectivity index (χ1) is 8.65. The standard InChI is InChI=1S/C14H17ClN2S/c1-10(2)17-9-12-7-13(15)4-3-11(12)8-14-16-5-6-18-14/h3-7,10,17H,8-9H2,1-2H3. The lowest BCUT2D eigenvalue weighted by Gasteiger charge is -2.12. The van der Waals surface area contributed by atoms with E-state index in [0.717, 1.165) is 23.0 Å². The Kier molecular flexibility index (Phi) is 4.75. The van der Waals surface area contributed by atoms with Crippen LogP contribution in [-0.4, -0.2) is 11.0 Å². The van der Waals surface area contributed by atoms with Gasteiger partial charge < -0.3 is 5.32 Å². The Bertz CT molecular complexity index is 495. The van der Waals surface area contributed by atoms with Crippen molar-refractivity contribution in [2.75, 3.05) is 0 Å². The number of halogens is 1. The molecule has 2 nitrogen and oxygen atoms in total. The Morgan fingerprint density at radius 3 is 2.83 bits per heavy atom. The van der Waals surface area contributed by atoms with Crippen LogP contribution in [0.3, 0.4) is 0 Å². The first-order valence-electron chi connectivity index (χ1n) is 6.04. The van der Waals surface area contributed by atoms with Crippen LogP contribution in [0.1, 0.15) is 30.0 Å². The van der Waals surface area contributed by atoms with Crippen LogP contribution in [0.2, 0.25) is 5.02 Å². The number of rotatable bonds is 5. The Morgan fingerprint density at radius 2 is 2.17 bits per heavy atom. The third kappa shape index (κ3) is 3.80. The topological polar surface area (TPSA) is 24.9 Å². The van der Waals surface area contributed by atoms with Crippen LogP contribution in [0.25, 0.3) is 0 Å². The molecule has 1 heterocycles. The predicted molar refractivity (Wildman–Crippen MR) is 78.3 cm³/mol. The minimum atomic E-state index is 0.469. The zero-order chi connectivity index (χ0) is 13.0. The van der Waals surface area contributed by atoms with Gasteiger partial charge in [0, 0.05) is 35.6 Å². The van der Waals surface area contributed by atoms with E-state index < -0.39 is 0 Å². The molecular weight excluding hydrogens is 264 g/mol. The largest absolute Gasteiger partial charge is 0.310 e. The van der Waals surface area contributed by atoms with E-state index in [1.807, 2.05) is 23.7 Å². The summed E-state index contributed by atoms with van der Waals surface area (Å²) in [6, 6.07) is 6.56. The summed E-state index contributed by atoms with van der Waals surface area (Å²) in [4.78, 5) is 4.34. The lowest BCUT2D eigenvalue weighted by molar-refractivity contribution is 0.587. The fourth-order valence-electron chi connectivity index (χ4n) is 1.75. The molecular formula is C14H17ClN2S. The quantitative estimate of drug-likeness (QED) is 0.899. The van der Waals surface area contributed by atoms with Gasteiger partial charge in [-0.2, -0.15) is 0 Å². The molecule has 0 aliphatic rings. The highest BCUT2D eigenvalue weighted by Gasteiger charge is 2.06. The lowest BCUT2D eigenvalue weighted by Crippen LogP contribution is -2.22. The molecule has 0 unspecified atom stereocenters. The average Bonchev–Trinajstić information content (AvgIpc) is 2.82. The summed E-state index contributed by atoms with van der Waals surface area (Å²) in [5, 5.41) is 7.38. The molecule has 0 radical (unpaired) electrons. The number of benzene rings is 1. The summed E-state index contributed by atoms with van der Waals surface area (Å²) in [6.07, 6.45) is 2.73. The molecule has 1 aromatic carbocycles. The van der Waals surface area contributed by atoms with Gasteiger partial charge in [-0.25, -0.2) is 4.98 Å². The molecule has 0 saturated heterocycles. The molecule has 0 amide bonds. The van der Waals surface area contributed by atoms with Gasteiger partial charge in [-0.1, -0.05) is 31.5 Å². The maximum Gasteiger partial charge on any atom is 0.0968 e. The zero-order valence-corrected chi connectivity index (χ0v) is 12.2. The molecule has 0 spiro atoms. The Hall–Kier alpha value is -0.900. The third-order valence-corrected chi connectivity index (χ3v) is 3.71. The van der Waals surface area contributed by atoms with Gasteiger partial charge in [0.25, 0.3) is 0 Å². The summed E-state index contributed by atoms with van der Waals surface area (Å²) in [5.41, 5.74) is 2.55. The molecule has 18 heavy (non-hydrogen) atoms. The second-order valence-electron chi connectivity index (χ2n) is 4.55. The van der Waals surface area contributed by atoms with Crippen LogP contribution in [-0.2, 0) is 13.0 Å². The molecule has 0 atom stereocenters. The van der Waals surface area contributed by atoms with Crippen molar-refractivity contribution in [3.05, 3.63) is 50.9 Å². The van der Waals surface area contributed by atoms with E-state index in [4.69, 9.17) is 11.6 Å². The minimum absolute atomic E-state index is 0.469. The van der Waals surface area contributed by atoms with Gasteiger partial charge in [0.15, 0.2) is 0 Å². The fourth-order valence-corrected chi connectivity index (χ4v) is 2.58. The van der Waals surface area contributed by atoms with Gasteiger partial charge in [-0.05, 0) is 23.3 Å². The van der Waals surface area contributed by atoms with Crippen LogP contribution in [0.15, 0.2) is 29.8 Å². The Morgan fingerprint density at radius 1 is 1.33 bits per heavy atom. The monoisotopic (exact) mass is 280 g/mol. The summed E-state index contributed by atoms with van der Waals surface area (Å²) < 4.78 is 0. The average molecular weight is 281 g/mol. The van der Waals surface area contributed by atoms with E-state index in [9.17, 15) is 0 Å². The molecule has 96 valence electrons. The number of thiazole rings is 1. The van der Waals surface area contributed by atoms with Crippen molar-refractivity contribution >= 4 is 22.9 Å². The lowest BCUT2D eigenvalue weighted by atomic mass is 10.0. The predicted octanol–water partition coefficient (Wildman–Crippen LogP) is 3.89. The summed E-state index contributed by atoms with van der Waals surface area (Å²) in [5.74, 6) is 0. The number of hydrogen-bond acceptors (Lipinski definition) is 3. The SMILES string of the molecule is CC(C)NCc1cc(Cl)ccc1Cc1nccs1. The molecule has 0 fully saturated rings. The molecule has 0 aliphatic carbocycles. The van der Waals surface area contributed by atoms with Gasteiger partial charge in [-0.3, -0.25) is 0 Å². The van der Waals surface area contributed by atoms with E-state index in [1.54, 1.807) is 11.3 Å². The zero-order valence-electron chi connectivity index (χ0n) is 10.6. The van der Waals surface area contributed by atoms with Gasteiger partial charge in [0.1, 0.15) is 0 Å². The van der Waals surface area contributed by atoms with Crippen LogP contribution < -0.4 is 5.32 Å². The van der Waals surface area contributed by atoms with Crippen LogP contribution >= 0.6 is 22.9 Å². The van der Waals surface area contributed by atoms with Crippen LogP contribution in [0.4, 0.5) is 0 Å². The fraction of sp³-hybridized carbons (Fsp3) is 0.357. The minimum Gasteiger partial charge on any atom is -0.310 e. The smallest absolute Gasteiger partial charge is 0.0968 e. The molecule has 1 N–H and O–H groups in total. The van der Waals surface area contributed by atoms with E-state index in [-0.39, 0.29) is 0 Å². The second-order valence-corrected chi connectivity index (χ2v) is 5.97. The van der Waals surface area contributed by atoms with E-state index in [2.05, 4.69) is 30.2 Å². The van der Waals surface area contributed by atoms with Crippen molar-refractivity contribution in [2.24, 2.45) is 0 Å². The first kappa shape index (κ1) is 13.5. The first-order valence-corrected chi connectivity index (χ1v) is 7.30. The van der Waals surface area contributed by atoms with Gasteiger partial charge in [0.2, 0.25) is 0 Å². The number of nitrogens with one attached hydrogen (secondary N) is 1. The summed E-state index contributed by atoms with van der Waals surface area (Å²) in [7, 11) is 0. The highest BCUT2D eigenvalue weighted by Crippen LogP contribution is 2.20. The van der Waals surface area contributed by atoms with Crippen LogP contribution in [0, 0.1) is 0 Å². The normalized spacial score (nSPS) is 11.1. The molecule has 4 heteroatoms. The maximum absolute atomic E-state index is 6.07. The number of nitrogens with zero attached hydrogens (tertiary/aromatic N) is 1. The third-order valence-electron chi connectivity index (χ3n) is 2.69. The summed E-state index contributed by atoms with van der Waals surface area (Å²) in [6.45, 7) is 5.13. The van der Waals surface area contributed by atoms with E-state index >= 15 is 0 Å². The second kappa shape index (κ2) is 6.32.